The second-order valence-electron chi connectivity index (χ2n) is 5.02. The van der Waals surface area contributed by atoms with E-state index in [1.165, 1.54) is 49.4 Å². The average molecular weight is 346 g/mol. The molecule has 0 fully saturated rings. The van der Waals surface area contributed by atoms with Gasteiger partial charge < -0.3 is 4.74 Å². The van der Waals surface area contributed by atoms with Gasteiger partial charge in [-0.1, -0.05) is 30.3 Å². The van der Waals surface area contributed by atoms with Crippen LogP contribution in [0.2, 0.25) is 0 Å². The van der Waals surface area contributed by atoms with Crippen LogP contribution in [0.15, 0.2) is 54.6 Å². The summed E-state index contributed by atoms with van der Waals surface area (Å²) in [5.74, 6) is -2.47. The Morgan fingerprint density at radius 3 is 2.32 bits per heavy atom. The molecule has 2 N–H and O–H groups in total. The second kappa shape index (κ2) is 8.58. The van der Waals surface area contributed by atoms with E-state index in [9.17, 15) is 18.4 Å². The molecule has 2 aromatic rings. The predicted octanol–water partition coefficient (Wildman–Crippen LogP) is 2.59. The Bertz CT molecular complexity index is 793. The number of ether oxygens (including phenoxy) is 1. The molecular weight excluding hydrogens is 330 g/mol. The number of benzene rings is 2. The van der Waals surface area contributed by atoms with E-state index >= 15 is 0 Å². The molecule has 0 aliphatic rings. The molecule has 0 heterocycles. The van der Waals surface area contributed by atoms with Crippen molar-refractivity contribution in [1.82, 2.24) is 10.9 Å². The van der Waals surface area contributed by atoms with Crippen LogP contribution in [0.4, 0.5) is 8.78 Å². The number of rotatable bonds is 5. The summed E-state index contributed by atoms with van der Waals surface area (Å²) < 4.78 is 32.0. The van der Waals surface area contributed by atoms with Gasteiger partial charge in [-0.25, -0.2) is 8.78 Å². The van der Waals surface area contributed by atoms with Crippen molar-refractivity contribution in [1.29, 1.82) is 0 Å². The van der Waals surface area contributed by atoms with Crippen molar-refractivity contribution in [2.75, 3.05) is 0 Å². The smallest absolute Gasteiger partial charge is 0.279 e. The molecule has 5 nitrogen and oxygen atoms in total. The van der Waals surface area contributed by atoms with Gasteiger partial charge in [0.25, 0.3) is 11.8 Å². The highest BCUT2D eigenvalue weighted by Gasteiger charge is 2.16. The molecule has 0 aliphatic heterocycles. The maximum absolute atomic E-state index is 13.5. The van der Waals surface area contributed by atoms with E-state index in [0.29, 0.717) is 0 Å². The van der Waals surface area contributed by atoms with Crippen LogP contribution in [-0.2, 0) is 9.59 Å². The summed E-state index contributed by atoms with van der Waals surface area (Å²) in [7, 11) is 0. The lowest BCUT2D eigenvalue weighted by molar-refractivity contribution is -0.131. The molecule has 0 saturated heterocycles. The fourth-order valence-electron chi connectivity index (χ4n) is 1.83. The Labute approximate surface area is 143 Å². The molecular formula is C18H16F2N2O3. The van der Waals surface area contributed by atoms with Gasteiger partial charge in [0.2, 0.25) is 0 Å². The minimum absolute atomic E-state index is 0.0732. The van der Waals surface area contributed by atoms with Crippen molar-refractivity contribution in [2.24, 2.45) is 0 Å². The van der Waals surface area contributed by atoms with E-state index in [-0.39, 0.29) is 11.3 Å². The van der Waals surface area contributed by atoms with E-state index in [1.807, 2.05) is 0 Å². The van der Waals surface area contributed by atoms with Crippen LogP contribution in [0, 0.1) is 11.6 Å². The number of carbonyl (C=O) groups is 2. The first kappa shape index (κ1) is 18.1. The zero-order valence-corrected chi connectivity index (χ0v) is 13.3. The van der Waals surface area contributed by atoms with Crippen LogP contribution in [0.3, 0.4) is 0 Å². The average Bonchev–Trinajstić information content (AvgIpc) is 2.60. The highest BCUT2D eigenvalue weighted by Crippen LogP contribution is 2.16. The fourth-order valence-corrected chi connectivity index (χ4v) is 1.83. The summed E-state index contributed by atoms with van der Waals surface area (Å²) >= 11 is 0. The Balaban J connectivity index is 1.83. The lowest BCUT2D eigenvalue weighted by atomic mass is 10.2. The quantitative estimate of drug-likeness (QED) is 0.646. The Morgan fingerprint density at radius 2 is 1.64 bits per heavy atom. The van der Waals surface area contributed by atoms with Gasteiger partial charge in [0.05, 0.1) is 0 Å². The summed E-state index contributed by atoms with van der Waals surface area (Å²) in [6.45, 7) is 1.41. The van der Waals surface area contributed by atoms with Gasteiger partial charge in [0, 0.05) is 11.6 Å². The SMILES string of the molecule is CC(Oc1ccccc1F)C(=O)NNC(=O)/C=C/c1ccccc1F. The van der Waals surface area contributed by atoms with Crippen LogP contribution >= 0.6 is 0 Å². The van der Waals surface area contributed by atoms with Gasteiger partial charge in [-0.3, -0.25) is 20.4 Å². The van der Waals surface area contributed by atoms with Crippen molar-refractivity contribution in [2.45, 2.75) is 13.0 Å². The van der Waals surface area contributed by atoms with Crippen molar-refractivity contribution in [3.05, 3.63) is 71.8 Å². The number of para-hydroxylation sites is 1. The minimum Gasteiger partial charge on any atom is -0.478 e. The zero-order valence-electron chi connectivity index (χ0n) is 13.3. The third kappa shape index (κ3) is 5.42. The number of amides is 2. The minimum atomic E-state index is -1.03. The number of hydrogen-bond donors (Lipinski definition) is 2. The number of halogens is 2. The number of hydrazine groups is 1. The molecule has 0 saturated carbocycles. The topological polar surface area (TPSA) is 67.4 Å². The van der Waals surface area contributed by atoms with Crippen molar-refractivity contribution < 1.29 is 23.1 Å². The molecule has 0 aliphatic carbocycles. The van der Waals surface area contributed by atoms with Crippen LogP contribution in [0.25, 0.3) is 6.08 Å². The third-order valence-corrected chi connectivity index (χ3v) is 3.14. The van der Waals surface area contributed by atoms with Crippen LogP contribution < -0.4 is 15.6 Å². The highest BCUT2D eigenvalue weighted by atomic mass is 19.1. The van der Waals surface area contributed by atoms with Crippen molar-refractivity contribution in [3.63, 3.8) is 0 Å². The molecule has 1 atom stereocenters. The van der Waals surface area contributed by atoms with Crippen LogP contribution in [-0.4, -0.2) is 17.9 Å². The summed E-state index contributed by atoms with van der Waals surface area (Å²) in [6, 6.07) is 11.6. The molecule has 130 valence electrons. The van der Waals surface area contributed by atoms with Gasteiger partial charge in [0.15, 0.2) is 17.7 Å². The van der Waals surface area contributed by atoms with Gasteiger partial charge >= 0.3 is 0 Å². The van der Waals surface area contributed by atoms with E-state index in [0.717, 1.165) is 6.08 Å². The standard InChI is InChI=1S/C18H16F2N2O3/c1-12(25-16-9-5-4-8-15(16)20)18(24)22-21-17(23)11-10-13-6-2-3-7-14(13)19/h2-12H,1H3,(H,21,23)(H,22,24)/b11-10+. The van der Waals surface area contributed by atoms with E-state index in [1.54, 1.807) is 12.1 Å². The summed E-state index contributed by atoms with van der Waals surface area (Å²) in [5, 5.41) is 0. The first-order valence-corrected chi connectivity index (χ1v) is 7.41. The summed E-state index contributed by atoms with van der Waals surface area (Å²) in [5.41, 5.74) is 4.51. The van der Waals surface area contributed by atoms with Gasteiger partial charge in [-0.05, 0) is 31.2 Å². The maximum Gasteiger partial charge on any atom is 0.279 e. The van der Waals surface area contributed by atoms with Crippen molar-refractivity contribution >= 4 is 17.9 Å². The Morgan fingerprint density at radius 1 is 1.00 bits per heavy atom. The third-order valence-electron chi connectivity index (χ3n) is 3.14. The highest BCUT2D eigenvalue weighted by molar-refractivity contribution is 5.93. The second-order valence-corrected chi connectivity index (χ2v) is 5.02. The van der Waals surface area contributed by atoms with Gasteiger partial charge in [-0.2, -0.15) is 0 Å². The lowest BCUT2D eigenvalue weighted by Gasteiger charge is -2.15. The monoisotopic (exact) mass is 346 g/mol. The largest absolute Gasteiger partial charge is 0.478 e. The van der Waals surface area contributed by atoms with Gasteiger partial charge in [-0.15, -0.1) is 0 Å². The molecule has 25 heavy (non-hydrogen) atoms. The molecule has 0 aromatic heterocycles. The molecule has 0 radical (unpaired) electrons. The van der Waals surface area contributed by atoms with Crippen LogP contribution in [0.1, 0.15) is 12.5 Å². The van der Waals surface area contributed by atoms with E-state index < -0.39 is 29.6 Å². The summed E-state index contributed by atoms with van der Waals surface area (Å²) in [6.07, 6.45) is 1.31. The zero-order chi connectivity index (χ0) is 18.2. The number of hydrogen-bond acceptors (Lipinski definition) is 3. The molecule has 2 rings (SSSR count). The van der Waals surface area contributed by atoms with E-state index in [2.05, 4.69) is 10.9 Å². The predicted molar refractivity (Wildman–Crippen MR) is 88.2 cm³/mol. The summed E-state index contributed by atoms with van der Waals surface area (Å²) in [4.78, 5) is 23.5. The lowest BCUT2D eigenvalue weighted by Crippen LogP contribution is -2.46. The molecule has 7 heteroatoms. The first-order valence-electron chi connectivity index (χ1n) is 7.41. The first-order chi connectivity index (χ1) is 12.0. The Hall–Kier alpha value is -3.22. The van der Waals surface area contributed by atoms with Gasteiger partial charge in [0.1, 0.15) is 5.82 Å². The molecule has 1 unspecified atom stereocenters. The number of nitrogens with one attached hydrogen (secondary N) is 2. The van der Waals surface area contributed by atoms with Crippen molar-refractivity contribution in [3.8, 4) is 5.75 Å². The molecule has 2 aromatic carbocycles. The molecule has 0 bridgehead atoms. The fraction of sp³-hybridized carbons (Fsp3) is 0.111. The van der Waals surface area contributed by atoms with E-state index in [4.69, 9.17) is 4.74 Å². The normalized spacial score (nSPS) is 11.8. The van der Waals surface area contributed by atoms with Crippen LogP contribution in [0.5, 0.6) is 5.75 Å². The molecule has 2 amide bonds. The maximum atomic E-state index is 13.5. The molecule has 0 spiro atoms. The Kier molecular flexibility index (Phi) is 6.22. The number of carbonyl (C=O) groups excluding carboxylic acids is 2.